The molecule has 1 aromatic rings. The van der Waals surface area contributed by atoms with Crippen LogP contribution in [0.25, 0.3) is 0 Å². The number of hydrogen-bond acceptors (Lipinski definition) is 3. The minimum atomic E-state index is 0.0720. The van der Waals surface area contributed by atoms with Crippen LogP contribution >= 0.6 is 0 Å². The molecule has 0 bridgehead atoms. The topological polar surface area (TPSA) is 64.4 Å². The number of nitrogens with two attached hydrogens (primary N) is 1. The largest absolute Gasteiger partial charge is 0.493 e. The van der Waals surface area contributed by atoms with E-state index in [1.165, 1.54) is 6.42 Å². The van der Waals surface area contributed by atoms with E-state index in [0.717, 1.165) is 37.0 Å². The minimum absolute atomic E-state index is 0.0720. The Bertz CT molecular complexity index is 503. The highest BCUT2D eigenvalue weighted by molar-refractivity contribution is 5.79. The van der Waals surface area contributed by atoms with E-state index in [0.29, 0.717) is 19.1 Å². The molecule has 3 atom stereocenters. The van der Waals surface area contributed by atoms with Gasteiger partial charge < -0.3 is 15.8 Å². The molecule has 2 aliphatic rings. The average molecular weight is 288 g/mol. The molecule has 4 nitrogen and oxygen atoms in total. The number of rotatable bonds is 3. The van der Waals surface area contributed by atoms with E-state index in [4.69, 9.17) is 10.5 Å². The molecule has 1 saturated carbocycles. The van der Waals surface area contributed by atoms with Crippen molar-refractivity contribution in [1.82, 2.24) is 5.32 Å². The Morgan fingerprint density at radius 2 is 2.05 bits per heavy atom. The fraction of sp³-hybridized carbons (Fsp3) is 0.588. The summed E-state index contributed by atoms with van der Waals surface area (Å²) in [5.41, 5.74) is 6.94. The van der Waals surface area contributed by atoms with Gasteiger partial charge in [-0.3, -0.25) is 4.79 Å². The first-order chi connectivity index (χ1) is 10.3. The maximum absolute atomic E-state index is 12.6. The Balaban J connectivity index is 1.70. The van der Waals surface area contributed by atoms with Crippen LogP contribution in [0.4, 0.5) is 0 Å². The van der Waals surface area contributed by atoms with Crippen LogP contribution in [0.2, 0.25) is 0 Å². The molecule has 3 rings (SSSR count). The molecular weight excluding hydrogens is 264 g/mol. The average Bonchev–Trinajstić information content (AvgIpc) is 2.55. The lowest BCUT2D eigenvalue weighted by Crippen LogP contribution is -2.42. The van der Waals surface area contributed by atoms with Gasteiger partial charge in [-0.2, -0.15) is 0 Å². The summed E-state index contributed by atoms with van der Waals surface area (Å²) in [6, 6.07) is 8.05. The van der Waals surface area contributed by atoms with Crippen molar-refractivity contribution in [3.63, 3.8) is 0 Å². The number of amides is 1. The lowest BCUT2D eigenvalue weighted by molar-refractivity contribution is -0.128. The van der Waals surface area contributed by atoms with Gasteiger partial charge in [0.1, 0.15) is 5.75 Å². The predicted octanol–water partition coefficient (Wildman–Crippen LogP) is 2.39. The third kappa shape index (κ3) is 3.05. The van der Waals surface area contributed by atoms with Gasteiger partial charge in [-0.1, -0.05) is 31.0 Å². The van der Waals surface area contributed by atoms with Crippen molar-refractivity contribution in [3.8, 4) is 5.75 Å². The molecule has 3 unspecified atom stereocenters. The predicted molar refractivity (Wildman–Crippen MR) is 81.9 cm³/mol. The summed E-state index contributed by atoms with van der Waals surface area (Å²) in [5.74, 6) is 1.49. The van der Waals surface area contributed by atoms with Crippen molar-refractivity contribution < 1.29 is 9.53 Å². The van der Waals surface area contributed by atoms with Gasteiger partial charge in [0.15, 0.2) is 0 Å². The van der Waals surface area contributed by atoms with Gasteiger partial charge in [0.2, 0.25) is 5.91 Å². The Kier molecular flexibility index (Phi) is 4.44. The first-order valence-corrected chi connectivity index (χ1v) is 8.01. The van der Waals surface area contributed by atoms with Gasteiger partial charge in [-0.15, -0.1) is 0 Å². The molecule has 0 saturated heterocycles. The molecule has 1 heterocycles. The first-order valence-electron chi connectivity index (χ1n) is 8.01. The van der Waals surface area contributed by atoms with Crippen molar-refractivity contribution in [3.05, 3.63) is 29.8 Å². The van der Waals surface area contributed by atoms with Crippen molar-refractivity contribution in [2.75, 3.05) is 13.2 Å². The molecule has 21 heavy (non-hydrogen) atoms. The van der Waals surface area contributed by atoms with Gasteiger partial charge in [0.25, 0.3) is 0 Å². The van der Waals surface area contributed by atoms with E-state index >= 15 is 0 Å². The number of carbonyl (C=O) groups is 1. The molecule has 1 aromatic carbocycles. The van der Waals surface area contributed by atoms with E-state index in [9.17, 15) is 4.79 Å². The van der Waals surface area contributed by atoms with Crippen LogP contribution in [0.15, 0.2) is 24.3 Å². The Labute approximate surface area is 126 Å². The molecular formula is C17H24N2O2. The Morgan fingerprint density at radius 3 is 2.90 bits per heavy atom. The number of fused-ring (bicyclic) bond motifs is 1. The Morgan fingerprint density at radius 1 is 1.24 bits per heavy atom. The van der Waals surface area contributed by atoms with Crippen LogP contribution in [0.1, 0.15) is 43.7 Å². The molecule has 0 aromatic heterocycles. The zero-order valence-corrected chi connectivity index (χ0v) is 12.4. The number of ether oxygens (including phenoxy) is 1. The summed E-state index contributed by atoms with van der Waals surface area (Å²) in [4.78, 5) is 12.6. The third-order valence-corrected chi connectivity index (χ3v) is 4.82. The minimum Gasteiger partial charge on any atom is -0.493 e. The van der Waals surface area contributed by atoms with E-state index in [-0.39, 0.29) is 17.9 Å². The van der Waals surface area contributed by atoms with Crippen LogP contribution in [-0.4, -0.2) is 19.1 Å². The number of carbonyl (C=O) groups excluding carboxylic acids is 1. The molecule has 3 N–H and O–H groups in total. The SMILES string of the molecule is NCC1CCCCC1C(=O)NC1CCOc2ccccc21. The molecule has 1 fully saturated rings. The van der Waals surface area contributed by atoms with Crippen molar-refractivity contribution in [1.29, 1.82) is 0 Å². The summed E-state index contributed by atoms with van der Waals surface area (Å²) < 4.78 is 5.65. The highest BCUT2D eigenvalue weighted by Gasteiger charge is 2.32. The van der Waals surface area contributed by atoms with Gasteiger partial charge in [-0.05, 0) is 31.4 Å². The smallest absolute Gasteiger partial charge is 0.223 e. The molecule has 114 valence electrons. The molecule has 0 radical (unpaired) electrons. The zero-order chi connectivity index (χ0) is 14.7. The second-order valence-electron chi connectivity index (χ2n) is 6.12. The fourth-order valence-electron chi connectivity index (χ4n) is 3.61. The standard InChI is InChI=1S/C17H24N2O2/c18-11-12-5-1-2-6-13(12)17(20)19-15-9-10-21-16-8-4-3-7-14(15)16/h3-4,7-8,12-13,15H,1-2,5-6,9-11,18H2,(H,19,20). The van der Waals surface area contributed by atoms with E-state index < -0.39 is 0 Å². The van der Waals surface area contributed by atoms with Crippen LogP contribution < -0.4 is 15.8 Å². The van der Waals surface area contributed by atoms with Crippen LogP contribution in [0, 0.1) is 11.8 Å². The normalized spacial score (nSPS) is 28.3. The van der Waals surface area contributed by atoms with E-state index in [2.05, 4.69) is 5.32 Å². The highest BCUT2D eigenvalue weighted by Crippen LogP contribution is 2.34. The molecule has 4 heteroatoms. The molecule has 0 spiro atoms. The summed E-state index contributed by atoms with van der Waals surface area (Å²) in [6.45, 7) is 1.27. The van der Waals surface area contributed by atoms with Crippen molar-refractivity contribution in [2.45, 2.75) is 38.1 Å². The van der Waals surface area contributed by atoms with Crippen LogP contribution in [-0.2, 0) is 4.79 Å². The lowest BCUT2D eigenvalue weighted by atomic mass is 9.78. The fourth-order valence-corrected chi connectivity index (χ4v) is 3.61. The number of benzene rings is 1. The third-order valence-electron chi connectivity index (χ3n) is 4.82. The zero-order valence-electron chi connectivity index (χ0n) is 12.4. The van der Waals surface area contributed by atoms with Crippen LogP contribution in [0.5, 0.6) is 5.75 Å². The summed E-state index contributed by atoms with van der Waals surface area (Å²) >= 11 is 0. The number of para-hydroxylation sites is 1. The summed E-state index contributed by atoms with van der Waals surface area (Å²) in [5, 5.41) is 3.23. The summed E-state index contributed by atoms with van der Waals surface area (Å²) in [7, 11) is 0. The van der Waals surface area contributed by atoms with Gasteiger partial charge in [0, 0.05) is 17.9 Å². The molecule has 1 aliphatic carbocycles. The quantitative estimate of drug-likeness (QED) is 0.897. The maximum atomic E-state index is 12.6. The highest BCUT2D eigenvalue weighted by atomic mass is 16.5. The maximum Gasteiger partial charge on any atom is 0.223 e. The van der Waals surface area contributed by atoms with Gasteiger partial charge in [-0.25, -0.2) is 0 Å². The molecule has 1 amide bonds. The second-order valence-corrected chi connectivity index (χ2v) is 6.12. The van der Waals surface area contributed by atoms with Crippen LogP contribution in [0.3, 0.4) is 0 Å². The second kappa shape index (κ2) is 6.48. The van der Waals surface area contributed by atoms with E-state index in [1.54, 1.807) is 0 Å². The first kappa shape index (κ1) is 14.4. The molecule has 1 aliphatic heterocycles. The summed E-state index contributed by atoms with van der Waals surface area (Å²) in [6.07, 6.45) is 5.23. The monoisotopic (exact) mass is 288 g/mol. The van der Waals surface area contributed by atoms with Crippen molar-refractivity contribution in [2.24, 2.45) is 17.6 Å². The Hall–Kier alpha value is -1.55. The van der Waals surface area contributed by atoms with Gasteiger partial charge in [0.05, 0.1) is 12.6 Å². The van der Waals surface area contributed by atoms with Crippen molar-refractivity contribution >= 4 is 5.91 Å². The lowest BCUT2D eigenvalue weighted by Gasteiger charge is -2.32. The number of nitrogens with one attached hydrogen (secondary N) is 1. The van der Waals surface area contributed by atoms with Gasteiger partial charge >= 0.3 is 0 Å². The van der Waals surface area contributed by atoms with E-state index in [1.807, 2.05) is 24.3 Å². The number of hydrogen-bond donors (Lipinski definition) is 2.